The van der Waals surface area contributed by atoms with Crippen molar-refractivity contribution >= 4 is 35.2 Å². The van der Waals surface area contributed by atoms with Gasteiger partial charge in [-0.25, -0.2) is 0 Å². The van der Waals surface area contributed by atoms with Crippen molar-refractivity contribution in [2.75, 3.05) is 11.1 Å². The Kier molecular flexibility index (Phi) is 4.16. The smallest absolute Gasteiger partial charge is 0.259 e. The maximum absolute atomic E-state index is 12.0. The summed E-state index contributed by atoms with van der Waals surface area (Å²) in [7, 11) is 0. The molecule has 1 aliphatic heterocycles. The number of thioether (sulfide) groups is 1. The summed E-state index contributed by atoms with van der Waals surface area (Å²) in [6.45, 7) is 2.00. The minimum Gasteiger partial charge on any atom is -0.325 e. The third kappa shape index (κ3) is 3.43. The molecule has 0 unspecified atom stereocenters. The molecule has 5 nitrogen and oxygen atoms in total. The molecule has 1 aliphatic rings. The molecular formula is C17H14N2O3S. The van der Waals surface area contributed by atoms with Crippen molar-refractivity contribution < 1.29 is 14.4 Å². The highest BCUT2D eigenvalue weighted by Crippen LogP contribution is 2.22. The fourth-order valence-electron chi connectivity index (χ4n) is 2.30. The monoisotopic (exact) mass is 326 g/mol. The normalized spacial score (nSPS) is 12.7. The molecule has 0 saturated carbocycles. The SMILES string of the molecule is Cc1cccc(SCC(=O)Nc2ccc3c(c2)C(=O)NC3=O)c1. The molecule has 0 bridgehead atoms. The minimum absolute atomic E-state index is 0.166. The molecule has 23 heavy (non-hydrogen) atoms. The predicted octanol–water partition coefficient (Wildman–Crippen LogP) is 2.61. The van der Waals surface area contributed by atoms with Crippen LogP contribution in [0.25, 0.3) is 0 Å². The minimum atomic E-state index is -0.435. The molecule has 2 aromatic rings. The summed E-state index contributed by atoms with van der Waals surface area (Å²) in [4.78, 5) is 36.1. The van der Waals surface area contributed by atoms with Crippen molar-refractivity contribution in [1.29, 1.82) is 0 Å². The molecule has 0 spiro atoms. The van der Waals surface area contributed by atoms with E-state index in [2.05, 4.69) is 10.6 Å². The Morgan fingerprint density at radius 1 is 1.09 bits per heavy atom. The molecule has 0 fully saturated rings. The number of fused-ring (bicyclic) bond motifs is 1. The molecular weight excluding hydrogens is 312 g/mol. The van der Waals surface area contributed by atoms with Crippen LogP contribution in [0.1, 0.15) is 26.3 Å². The van der Waals surface area contributed by atoms with Gasteiger partial charge in [0.2, 0.25) is 5.91 Å². The van der Waals surface area contributed by atoms with Gasteiger partial charge in [0.1, 0.15) is 0 Å². The zero-order chi connectivity index (χ0) is 16.4. The molecule has 0 atom stereocenters. The lowest BCUT2D eigenvalue weighted by atomic mass is 10.1. The molecule has 0 aliphatic carbocycles. The van der Waals surface area contributed by atoms with E-state index in [0.29, 0.717) is 16.8 Å². The number of carbonyl (C=O) groups is 3. The first kappa shape index (κ1) is 15.3. The van der Waals surface area contributed by atoms with Crippen LogP contribution in [0.5, 0.6) is 0 Å². The maximum atomic E-state index is 12.0. The zero-order valence-corrected chi connectivity index (χ0v) is 13.2. The summed E-state index contributed by atoms with van der Waals surface area (Å²) in [6, 6.07) is 12.6. The van der Waals surface area contributed by atoms with Gasteiger partial charge >= 0.3 is 0 Å². The number of nitrogens with one attached hydrogen (secondary N) is 2. The highest BCUT2D eigenvalue weighted by molar-refractivity contribution is 8.00. The van der Waals surface area contributed by atoms with Gasteiger partial charge in [0.15, 0.2) is 0 Å². The number of hydrogen-bond acceptors (Lipinski definition) is 4. The molecule has 116 valence electrons. The van der Waals surface area contributed by atoms with E-state index in [0.717, 1.165) is 10.5 Å². The molecule has 3 amide bonds. The fraction of sp³-hybridized carbons (Fsp3) is 0.118. The van der Waals surface area contributed by atoms with Gasteiger partial charge in [-0.3, -0.25) is 19.7 Å². The zero-order valence-electron chi connectivity index (χ0n) is 12.4. The lowest BCUT2D eigenvalue weighted by Crippen LogP contribution is -2.19. The summed E-state index contributed by atoms with van der Waals surface area (Å²) in [5.41, 5.74) is 2.27. The number of hydrogen-bond donors (Lipinski definition) is 2. The number of imide groups is 1. The number of anilines is 1. The van der Waals surface area contributed by atoms with Crippen molar-refractivity contribution in [3.05, 3.63) is 59.2 Å². The van der Waals surface area contributed by atoms with E-state index in [4.69, 9.17) is 0 Å². The molecule has 6 heteroatoms. The number of amides is 3. The average Bonchev–Trinajstić information content (AvgIpc) is 2.80. The lowest BCUT2D eigenvalue weighted by Gasteiger charge is -2.06. The van der Waals surface area contributed by atoms with Crippen molar-refractivity contribution in [3.63, 3.8) is 0 Å². The first-order valence-corrected chi connectivity index (χ1v) is 8.00. The van der Waals surface area contributed by atoms with Crippen LogP contribution in [0.4, 0.5) is 5.69 Å². The fourth-order valence-corrected chi connectivity index (χ4v) is 3.11. The molecule has 0 radical (unpaired) electrons. The second kappa shape index (κ2) is 6.26. The third-order valence-corrected chi connectivity index (χ3v) is 4.37. The van der Waals surface area contributed by atoms with Crippen LogP contribution < -0.4 is 10.6 Å². The van der Waals surface area contributed by atoms with Gasteiger partial charge in [0, 0.05) is 10.6 Å². The first-order valence-electron chi connectivity index (χ1n) is 7.02. The topological polar surface area (TPSA) is 75.3 Å². The van der Waals surface area contributed by atoms with Gasteiger partial charge in [-0.1, -0.05) is 17.7 Å². The quantitative estimate of drug-likeness (QED) is 0.669. The third-order valence-electron chi connectivity index (χ3n) is 3.38. The number of rotatable bonds is 4. The van der Waals surface area contributed by atoms with Crippen LogP contribution in [-0.4, -0.2) is 23.5 Å². The Morgan fingerprint density at radius 3 is 2.65 bits per heavy atom. The highest BCUT2D eigenvalue weighted by atomic mass is 32.2. The predicted molar refractivity (Wildman–Crippen MR) is 88.8 cm³/mol. The van der Waals surface area contributed by atoms with Crippen LogP contribution in [0, 0.1) is 6.92 Å². The Balaban J connectivity index is 1.63. The van der Waals surface area contributed by atoms with Crippen LogP contribution in [0.15, 0.2) is 47.4 Å². The number of aryl methyl sites for hydroxylation is 1. The summed E-state index contributed by atoms with van der Waals surface area (Å²) in [6.07, 6.45) is 0. The Morgan fingerprint density at radius 2 is 1.87 bits per heavy atom. The van der Waals surface area contributed by atoms with Crippen LogP contribution in [-0.2, 0) is 4.79 Å². The summed E-state index contributed by atoms with van der Waals surface area (Å²) >= 11 is 1.44. The molecule has 2 N–H and O–H groups in total. The van der Waals surface area contributed by atoms with E-state index >= 15 is 0 Å². The molecule has 1 heterocycles. The molecule has 2 aromatic carbocycles. The van der Waals surface area contributed by atoms with E-state index < -0.39 is 11.8 Å². The Hall–Kier alpha value is -2.60. The Bertz CT molecular complexity index is 817. The standard InChI is InChI=1S/C17H14N2O3S/c1-10-3-2-4-12(7-10)23-9-15(20)18-11-5-6-13-14(8-11)17(22)19-16(13)21/h2-8H,9H2,1H3,(H,18,20)(H,19,21,22). The van der Waals surface area contributed by atoms with Crippen molar-refractivity contribution in [2.45, 2.75) is 11.8 Å². The van der Waals surface area contributed by atoms with Crippen LogP contribution >= 0.6 is 11.8 Å². The molecule has 0 saturated heterocycles. The van der Waals surface area contributed by atoms with Crippen molar-refractivity contribution in [3.8, 4) is 0 Å². The average molecular weight is 326 g/mol. The van der Waals surface area contributed by atoms with Gasteiger partial charge in [-0.05, 0) is 37.3 Å². The second-order valence-electron chi connectivity index (χ2n) is 5.20. The van der Waals surface area contributed by atoms with E-state index in [1.54, 1.807) is 12.1 Å². The lowest BCUT2D eigenvalue weighted by molar-refractivity contribution is -0.113. The van der Waals surface area contributed by atoms with Gasteiger partial charge in [-0.2, -0.15) is 0 Å². The summed E-state index contributed by atoms with van der Waals surface area (Å²) in [5.74, 6) is -0.736. The first-order chi connectivity index (χ1) is 11.0. The molecule has 0 aromatic heterocycles. The van der Waals surface area contributed by atoms with Crippen molar-refractivity contribution in [2.24, 2.45) is 0 Å². The van der Waals surface area contributed by atoms with E-state index in [1.807, 2.05) is 31.2 Å². The van der Waals surface area contributed by atoms with Crippen LogP contribution in [0.2, 0.25) is 0 Å². The van der Waals surface area contributed by atoms with Gasteiger partial charge in [0.05, 0.1) is 16.9 Å². The summed E-state index contributed by atoms with van der Waals surface area (Å²) < 4.78 is 0. The second-order valence-corrected chi connectivity index (χ2v) is 6.25. The van der Waals surface area contributed by atoms with Gasteiger partial charge in [-0.15, -0.1) is 11.8 Å². The Labute approximate surface area is 137 Å². The number of carbonyl (C=O) groups excluding carboxylic acids is 3. The largest absolute Gasteiger partial charge is 0.325 e. The van der Waals surface area contributed by atoms with Crippen LogP contribution in [0.3, 0.4) is 0 Å². The maximum Gasteiger partial charge on any atom is 0.259 e. The van der Waals surface area contributed by atoms with E-state index in [9.17, 15) is 14.4 Å². The summed E-state index contributed by atoms with van der Waals surface area (Å²) in [5, 5.41) is 4.96. The number of benzene rings is 2. The molecule has 3 rings (SSSR count). The van der Waals surface area contributed by atoms with Gasteiger partial charge < -0.3 is 5.32 Å². The van der Waals surface area contributed by atoms with E-state index in [1.165, 1.54) is 17.8 Å². The van der Waals surface area contributed by atoms with E-state index in [-0.39, 0.29) is 11.7 Å². The van der Waals surface area contributed by atoms with Gasteiger partial charge in [0.25, 0.3) is 11.8 Å². The van der Waals surface area contributed by atoms with Crippen molar-refractivity contribution in [1.82, 2.24) is 5.32 Å². The highest BCUT2D eigenvalue weighted by Gasteiger charge is 2.26.